The summed E-state index contributed by atoms with van der Waals surface area (Å²) in [5, 5.41) is 2.58. The van der Waals surface area contributed by atoms with Crippen LogP contribution in [0.2, 0.25) is 0 Å². The lowest BCUT2D eigenvalue weighted by molar-refractivity contribution is -0.154. The topological polar surface area (TPSA) is 55.4 Å². The second-order valence-electron chi connectivity index (χ2n) is 8.03. The Bertz CT molecular complexity index is 750. The number of ether oxygens (including phenoxy) is 1. The van der Waals surface area contributed by atoms with Gasteiger partial charge in [0.1, 0.15) is 5.82 Å². The normalized spacial score (nSPS) is 28.1. The van der Waals surface area contributed by atoms with E-state index in [1.165, 1.54) is 36.8 Å². The molecule has 2 unspecified atom stereocenters. The van der Waals surface area contributed by atoms with Crippen LogP contribution in [-0.4, -0.2) is 34.1 Å². The first-order valence-corrected chi connectivity index (χ1v) is 12.0. The van der Waals surface area contributed by atoms with Gasteiger partial charge >= 0.3 is 5.97 Å². The van der Waals surface area contributed by atoms with Crippen LogP contribution < -0.4 is 5.32 Å². The Balaban J connectivity index is 1.30. The molecule has 3 fully saturated rings. The lowest BCUT2D eigenvalue weighted by atomic mass is 9.67. The zero-order chi connectivity index (χ0) is 19.7. The standard InChI is InChI=1S/C21H26FNO3S2/c1-13-5-6-17(11-18(13)22)23-19(24)12-26-20(25)14-9-15-3-2-4-16(10-14)21(15)27-7-8-28-21/h5-6,11,14-16H,2-4,7-10,12H2,1H3,(H,23,24). The molecule has 2 atom stereocenters. The third-order valence-corrected chi connectivity index (χ3v) is 10.3. The molecule has 1 heterocycles. The van der Waals surface area contributed by atoms with Gasteiger partial charge in [-0.2, -0.15) is 0 Å². The van der Waals surface area contributed by atoms with Crippen molar-refractivity contribution in [2.24, 2.45) is 17.8 Å². The number of rotatable bonds is 4. The number of halogens is 1. The van der Waals surface area contributed by atoms with E-state index in [1.807, 2.05) is 0 Å². The molecular weight excluding hydrogens is 397 g/mol. The highest BCUT2D eigenvalue weighted by atomic mass is 32.2. The lowest BCUT2D eigenvalue weighted by Crippen LogP contribution is -2.48. The number of hydrogen-bond acceptors (Lipinski definition) is 5. The molecule has 1 spiro atoms. The number of hydrogen-bond donors (Lipinski definition) is 1. The molecule has 1 saturated heterocycles. The molecule has 152 valence electrons. The molecule has 1 N–H and O–H groups in total. The molecular formula is C21H26FNO3S2. The molecule has 3 aliphatic rings. The van der Waals surface area contributed by atoms with Crippen molar-refractivity contribution in [3.8, 4) is 0 Å². The minimum Gasteiger partial charge on any atom is -0.455 e. The molecule has 2 saturated carbocycles. The van der Waals surface area contributed by atoms with Crippen LogP contribution in [0.3, 0.4) is 0 Å². The van der Waals surface area contributed by atoms with Crippen LogP contribution in [0.25, 0.3) is 0 Å². The van der Waals surface area contributed by atoms with E-state index in [0.29, 0.717) is 27.2 Å². The van der Waals surface area contributed by atoms with Crippen LogP contribution in [0.15, 0.2) is 18.2 Å². The van der Waals surface area contributed by atoms with Crippen LogP contribution in [0.4, 0.5) is 10.1 Å². The third-order valence-electron chi connectivity index (χ3n) is 6.25. The minimum absolute atomic E-state index is 0.104. The number of esters is 1. The fraction of sp³-hybridized carbons (Fsp3) is 0.619. The number of thioether (sulfide) groups is 2. The molecule has 28 heavy (non-hydrogen) atoms. The average Bonchev–Trinajstić information content (AvgIpc) is 3.12. The van der Waals surface area contributed by atoms with Crippen molar-refractivity contribution in [2.45, 2.75) is 43.1 Å². The second kappa shape index (κ2) is 8.27. The van der Waals surface area contributed by atoms with E-state index in [2.05, 4.69) is 28.8 Å². The largest absolute Gasteiger partial charge is 0.455 e. The smallest absolute Gasteiger partial charge is 0.309 e. The minimum atomic E-state index is -0.439. The Morgan fingerprint density at radius 3 is 2.54 bits per heavy atom. The average molecular weight is 424 g/mol. The Morgan fingerprint density at radius 1 is 1.21 bits per heavy atom. The Labute approximate surface area is 173 Å². The maximum Gasteiger partial charge on any atom is 0.309 e. The van der Waals surface area contributed by atoms with Gasteiger partial charge in [0.15, 0.2) is 6.61 Å². The van der Waals surface area contributed by atoms with Crippen molar-refractivity contribution in [3.05, 3.63) is 29.6 Å². The molecule has 1 amide bonds. The van der Waals surface area contributed by atoms with E-state index >= 15 is 0 Å². The summed E-state index contributed by atoms with van der Waals surface area (Å²) < 4.78 is 19.2. The number of carbonyl (C=O) groups is 2. The van der Waals surface area contributed by atoms with E-state index in [0.717, 1.165) is 12.8 Å². The maximum absolute atomic E-state index is 13.6. The highest BCUT2D eigenvalue weighted by Crippen LogP contribution is 2.64. The van der Waals surface area contributed by atoms with Crippen LogP contribution in [0, 0.1) is 30.5 Å². The quantitative estimate of drug-likeness (QED) is 0.716. The van der Waals surface area contributed by atoms with Gasteiger partial charge in [-0.25, -0.2) is 4.39 Å². The zero-order valence-electron chi connectivity index (χ0n) is 16.0. The molecule has 1 aromatic carbocycles. The summed E-state index contributed by atoms with van der Waals surface area (Å²) in [6, 6.07) is 4.51. The first-order chi connectivity index (χ1) is 13.5. The second-order valence-corrected chi connectivity index (χ2v) is 11.0. The van der Waals surface area contributed by atoms with Crippen molar-refractivity contribution in [1.29, 1.82) is 0 Å². The summed E-state index contributed by atoms with van der Waals surface area (Å²) in [5.74, 6) is 2.39. The molecule has 2 bridgehead atoms. The molecule has 0 radical (unpaired) electrons. The van der Waals surface area contributed by atoms with Gasteiger partial charge in [0, 0.05) is 17.2 Å². The maximum atomic E-state index is 13.6. The highest BCUT2D eigenvalue weighted by Gasteiger charge is 2.55. The van der Waals surface area contributed by atoms with Gasteiger partial charge in [0.05, 0.1) is 10.00 Å². The van der Waals surface area contributed by atoms with Gasteiger partial charge in [0.25, 0.3) is 5.91 Å². The predicted octanol–water partition coefficient (Wildman–Crippen LogP) is 4.62. The van der Waals surface area contributed by atoms with Crippen LogP contribution in [0.1, 0.15) is 37.7 Å². The van der Waals surface area contributed by atoms with Crippen molar-refractivity contribution in [1.82, 2.24) is 0 Å². The van der Waals surface area contributed by atoms with E-state index < -0.39 is 5.91 Å². The highest BCUT2D eigenvalue weighted by molar-refractivity contribution is 8.21. The number of aryl methyl sites for hydroxylation is 1. The molecule has 4 rings (SSSR count). The van der Waals surface area contributed by atoms with Crippen LogP contribution in [-0.2, 0) is 14.3 Å². The van der Waals surface area contributed by atoms with E-state index in [4.69, 9.17) is 4.74 Å². The van der Waals surface area contributed by atoms with Gasteiger partial charge in [0.2, 0.25) is 0 Å². The summed E-state index contributed by atoms with van der Waals surface area (Å²) >= 11 is 4.22. The Morgan fingerprint density at radius 2 is 1.89 bits per heavy atom. The summed E-state index contributed by atoms with van der Waals surface area (Å²) in [4.78, 5) is 24.7. The van der Waals surface area contributed by atoms with Crippen molar-refractivity contribution < 1.29 is 18.7 Å². The molecule has 7 heteroatoms. The Hall–Kier alpha value is -1.21. The predicted molar refractivity (Wildman–Crippen MR) is 112 cm³/mol. The van der Waals surface area contributed by atoms with E-state index in [9.17, 15) is 14.0 Å². The van der Waals surface area contributed by atoms with Crippen LogP contribution >= 0.6 is 23.5 Å². The zero-order valence-corrected chi connectivity index (χ0v) is 17.7. The van der Waals surface area contributed by atoms with E-state index in [1.54, 1.807) is 19.1 Å². The lowest BCUT2D eigenvalue weighted by Gasteiger charge is -2.51. The number of benzene rings is 1. The molecule has 1 aliphatic heterocycles. The van der Waals surface area contributed by atoms with Crippen LogP contribution in [0.5, 0.6) is 0 Å². The monoisotopic (exact) mass is 423 g/mol. The van der Waals surface area contributed by atoms with Crippen molar-refractivity contribution in [3.63, 3.8) is 0 Å². The van der Waals surface area contributed by atoms with E-state index in [-0.39, 0.29) is 24.3 Å². The summed E-state index contributed by atoms with van der Waals surface area (Å²) in [6.45, 7) is 1.34. The van der Waals surface area contributed by atoms with Gasteiger partial charge < -0.3 is 10.1 Å². The molecule has 4 nitrogen and oxygen atoms in total. The first kappa shape index (κ1) is 20.1. The van der Waals surface area contributed by atoms with Crippen molar-refractivity contribution in [2.75, 3.05) is 23.4 Å². The number of carbonyl (C=O) groups excluding carboxylic acids is 2. The number of nitrogens with one attached hydrogen (secondary N) is 1. The SMILES string of the molecule is Cc1ccc(NC(=O)COC(=O)C2CC3CCCC(C2)C32SCCS2)cc1F. The third kappa shape index (κ3) is 3.92. The van der Waals surface area contributed by atoms with Crippen molar-refractivity contribution >= 4 is 41.1 Å². The molecule has 0 aromatic heterocycles. The first-order valence-electron chi connectivity index (χ1n) is 9.98. The summed E-state index contributed by atoms with van der Waals surface area (Å²) in [6.07, 6.45) is 5.40. The van der Waals surface area contributed by atoms with Gasteiger partial charge in [-0.3, -0.25) is 9.59 Å². The number of anilines is 1. The summed E-state index contributed by atoms with van der Waals surface area (Å²) in [5.41, 5.74) is 0.886. The molecule has 2 aliphatic carbocycles. The Kier molecular flexibility index (Phi) is 5.93. The van der Waals surface area contributed by atoms with Gasteiger partial charge in [-0.05, 0) is 62.1 Å². The number of amides is 1. The fourth-order valence-corrected chi connectivity index (χ4v) is 8.86. The van der Waals surface area contributed by atoms with Gasteiger partial charge in [-0.1, -0.05) is 12.5 Å². The fourth-order valence-electron chi connectivity index (χ4n) is 4.92. The molecule has 1 aromatic rings. The van der Waals surface area contributed by atoms with Gasteiger partial charge in [-0.15, -0.1) is 23.5 Å². The summed E-state index contributed by atoms with van der Waals surface area (Å²) in [7, 11) is 0.